The molecule has 0 aliphatic heterocycles. The predicted molar refractivity (Wildman–Crippen MR) is 109 cm³/mol. The normalized spacial score (nSPS) is 13.0. The van der Waals surface area contributed by atoms with Crippen LogP contribution in [0.5, 0.6) is 0 Å². The second kappa shape index (κ2) is 12.3. The Morgan fingerprint density at radius 2 is 1.84 bits per heavy atom. The minimum absolute atomic E-state index is 0.0344. The quantitative estimate of drug-likeness (QED) is 0.437. The zero-order valence-corrected chi connectivity index (χ0v) is 16.8. The number of amides is 2. The lowest BCUT2D eigenvalue weighted by Crippen LogP contribution is -2.49. The number of rotatable bonds is 11. The highest BCUT2D eigenvalue weighted by molar-refractivity contribution is 8.15. The van der Waals surface area contributed by atoms with E-state index >= 15 is 0 Å². The molecule has 0 bridgehead atoms. The topological polar surface area (TPSA) is 89.3 Å². The van der Waals surface area contributed by atoms with E-state index in [1.165, 1.54) is 6.92 Å². The zero-order chi connectivity index (χ0) is 18.7. The van der Waals surface area contributed by atoms with Gasteiger partial charge in [-0.2, -0.15) is 11.8 Å². The van der Waals surface area contributed by atoms with Crippen LogP contribution < -0.4 is 11.1 Å². The Morgan fingerprint density at radius 1 is 1.16 bits per heavy atom. The van der Waals surface area contributed by atoms with Crippen molar-refractivity contribution >= 4 is 52.2 Å². The summed E-state index contributed by atoms with van der Waals surface area (Å²) in [6, 6.07) is 8.92. The van der Waals surface area contributed by atoms with E-state index < -0.39 is 17.9 Å². The molecule has 0 heterocycles. The fourth-order valence-electron chi connectivity index (χ4n) is 2.08. The molecule has 1 aromatic rings. The Morgan fingerprint density at radius 3 is 2.40 bits per heavy atom. The van der Waals surface area contributed by atoms with Crippen molar-refractivity contribution in [2.45, 2.75) is 19.4 Å². The summed E-state index contributed by atoms with van der Waals surface area (Å²) in [7, 11) is 0. The van der Waals surface area contributed by atoms with Crippen LogP contribution in [-0.2, 0) is 20.8 Å². The van der Waals surface area contributed by atoms with Gasteiger partial charge in [0, 0.05) is 23.5 Å². The first kappa shape index (κ1) is 21.9. The first-order chi connectivity index (χ1) is 11.9. The van der Waals surface area contributed by atoms with E-state index in [1.54, 1.807) is 23.5 Å². The summed E-state index contributed by atoms with van der Waals surface area (Å²) in [4.78, 5) is 35.5. The molecule has 0 saturated heterocycles. The Kier molecular flexibility index (Phi) is 10.8. The summed E-state index contributed by atoms with van der Waals surface area (Å²) in [6.07, 6.45) is 2.48. The van der Waals surface area contributed by atoms with Gasteiger partial charge in [0.1, 0.15) is 6.04 Å². The van der Waals surface area contributed by atoms with Crippen LogP contribution in [0.15, 0.2) is 30.3 Å². The van der Waals surface area contributed by atoms with Crippen molar-refractivity contribution < 1.29 is 14.4 Å². The molecule has 0 unspecified atom stereocenters. The van der Waals surface area contributed by atoms with Gasteiger partial charge in [0.05, 0.1) is 5.92 Å². The second-order valence-electron chi connectivity index (χ2n) is 5.43. The molecule has 0 spiro atoms. The van der Waals surface area contributed by atoms with Crippen LogP contribution in [0, 0.1) is 5.92 Å². The van der Waals surface area contributed by atoms with Gasteiger partial charge < -0.3 is 11.1 Å². The highest BCUT2D eigenvalue weighted by atomic mass is 32.2. The molecule has 1 aromatic carbocycles. The van der Waals surface area contributed by atoms with Gasteiger partial charge >= 0.3 is 0 Å². The van der Waals surface area contributed by atoms with E-state index in [1.807, 2.05) is 36.6 Å². The van der Waals surface area contributed by atoms with Crippen molar-refractivity contribution in [3.8, 4) is 0 Å². The largest absolute Gasteiger partial charge is 0.368 e. The van der Waals surface area contributed by atoms with Crippen molar-refractivity contribution in [1.29, 1.82) is 0 Å². The Balaban J connectivity index is 2.74. The lowest BCUT2D eigenvalue weighted by Gasteiger charge is -2.20. The van der Waals surface area contributed by atoms with Crippen molar-refractivity contribution in [1.82, 2.24) is 5.32 Å². The summed E-state index contributed by atoms with van der Waals surface area (Å²) in [5.41, 5.74) is 6.42. The van der Waals surface area contributed by atoms with Gasteiger partial charge in [-0.25, -0.2) is 0 Å². The summed E-state index contributed by atoms with van der Waals surface area (Å²) < 4.78 is 0. The molecule has 0 aliphatic carbocycles. The maximum Gasteiger partial charge on any atom is 0.240 e. The Labute approximate surface area is 161 Å². The number of thioether (sulfide) groups is 3. The maximum atomic E-state index is 12.6. The average molecular weight is 401 g/mol. The summed E-state index contributed by atoms with van der Waals surface area (Å²) in [6.45, 7) is 1.48. The van der Waals surface area contributed by atoms with Gasteiger partial charge in [0.15, 0.2) is 5.12 Å². The smallest absolute Gasteiger partial charge is 0.240 e. The molecule has 0 saturated carbocycles. The van der Waals surface area contributed by atoms with Crippen molar-refractivity contribution in [2.75, 3.05) is 22.8 Å². The summed E-state index contributed by atoms with van der Waals surface area (Å²) in [5, 5.41) is 3.54. The van der Waals surface area contributed by atoms with Crippen LogP contribution in [0.2, 0.25) is 0 Å². The molecule has 1 rings (SSSR count). The van der Waals surface area contributed by atoms with E-state index in [0.29, 0.717) is 17.9 Å². The third-order valence-corrected chi connectivity index (χ3v) is 6.48. The van der Waals surface area contributed by atoms with Crippen LogP contribution in [0.3, 0.4) is 0 Å². The first-order valence-corrected chi connectivity index (χ1v) is 11.3. The lowest BCUT2D eigenvalue weighted by atomic mass is 10.00. The fourth-order valence-corrected chi connectivity index (χ4v) is 4.32. The van der Waals surface area contributed by atoms with Gasteiger partial charge in [-0.3, -0.25) is 14.4 Å². The molecule has 138 valence electrons. The standard InChI is InChI=1S/C17H24N2O3S3/c1-12(20)25-9-14(8-13-6-4-3-5-7-13)17(22)19-15(16(18)21)10-24-11-23-2/h3-7,14-15H,8-11H2,1-2H3,(H2,18,21)(H,19,22)/t14-,15+/m1/s1. The van der Waals surface area contributed by atoms with Crippen LogP contribution in [0.4, 0.5) is 0 Å². The fraction of sp³-hybridized carbons (Fsp3) is 0.471. The van der Waals surface area contributed by atoms with Crippen LogP contribution in [0.1, 0.15) is 12.5 Å². The second-order valence-corrected chi connectivity index (χ2v) is 8.89. The van der Waals surface area contributed by atoms with Crippen molar-refractivity contribution in [2.24, 2.45) is 11.7 Å². The molecular weight excluding hydrogens is 376 g/mol. The van der Waals surface area contributed by atoms with E-state index in [9.17, 15) is 14.4 Å². The number of hydrogen-bond acceptors (Lipinski definition) is 6. The number of carbonyl (C=O) groups excluding carboxylic acids is 3. The summed E-state index contributed by atoms with van der Waals surface area (Å²) >= 11 is 4.32. The molecule has 3 N–H and O–H groups in total. The van der Waals surface area contributed by atoms with Gasteiger partial charge in [-0.15, -0.1) is 11.8 Å². The molecule has 2 amide bonds. The SMILES string of the molecule is CSCSC[C@H](NC(=O)[C@@H](CSC(C)=O)Cc1ccccc1)C(N)=O. The van der Waals surface area contributed by atoms with Crippen LogP contribution in [0.25, 0.3) is 0 Å². The third kappa shape index (κ3) is 9.23. The summed E-state index contributed by atoms with van der Waals surface area (Å²) in [5.74, 6) is -0.367. The molecule has 25 heavy (non-hydrogen) atoms. The minimum Gasteiger partial charge on any atom is -0.368 e. The number of nitrogens with two attached hydrogens (primary N) is 1. The number of nitrogens with one attached hydrogen (secondary N) is 1. The van der Waals surface area contributed by atoms with Crippen molar-refractivity contribution in [3.63, 3.8) is 0 Å². The molecule has 8 heteroatoms. The molecule has 5 nitrogen and oxygen atoms in total. The first-order valence-electron chi connectivity index (χ1n) is 7.77. The predicted octanol–water partition coefficient (Wildman–Crippen LogP) is 2.15. The van der Waals surface area contributed by atoms with E-state index in [-0.39, 0.29) is 11.0 Å². The third-order valence-electron chi connectivity index (χ3n) is 3.33. The number of primary amides is 1. The van der Waals surface area contributed by atoms with Crippen LogP contribution in [-0.4, -0.2) is 45.8 Å². The van der Waals surface area contributed by atoms with E-state index in [2.05, 4.69) is 5.32 Å². The minimum atomic E-state index is -0.703. The highest BCUT2D eigenvalue weighted by Gasteiger charge is 2.25. The molecule has 0 aromatic heterocycles. The molecule has 2 atom stereocenters. The monoisotopic (exact) mass is 400 g/mol. The Bertz CT molecular complexity index is 570. The Hall–Kier alpha value is -1.12. The number of carbonyl (C=O) groups is 3. The van der Waals surface area contributed by atoms with Gasteiger partial charge in [-0.1, -0.05) is 42.1 Å². The lowest BCUT2D eigenvalue weighted by molar-refractivity contribution is -0.129. The number of hydrogen-bond donors (Lipinski definition) is 2. The van der Waals surface area contributed by atoms with E-state index in [4.69, 9.17) is 5.73 Å². The van der Waals surface area contributed by atoms with Gasteiger partial charge in [0.25, 0.3) is 0 Å². The van der Waals surface area contributed by atoms with Crippen molar-refractivity contribution in [3.05, 3.63) is 35.9 Å². The molecular formula is C17H24N2O3S3. The molecule has 0 radical (unpaired) electrons. The molecule has 0 aliphatic rings. The van der Waals surface area contributed by atoms with Gasteiger partial charge in [0.2, 0.25) is 11.8 Å². The highest BCUT2D eigenvalue weighted by Crippen LogP contribution is 2.17. The van der Waals surface area contributed by atoms with Gasteiger partial charge in [-0.05, 0) is 18.2 Å². The number of benzene rings is 1. The average Bonchev–Trinajstić information content (AvgIpc) is 2.58. The van der Waals surface area contributed by atoms with Crippen LogP contribution >= 0.6 is 35.3 Å². The van der Waals surface area contributed by atoms with E-state index in [0.717, 1.165) is 22.4 Å². The zero-order valence-electron chi connectivity index (χ0n) is 14.4. The maximum absolute atomic E-state index is 12.6. The molecule has 0 fully saturated rings.